The van der Waals surface area contributed by atoms with E-state index in [1.165, 1.54) is 0 Å². The molecule has 0 saturated heterocycles. The van der Waals surface area contributed by atoms with Crippen LogP contribution in [0.15, 0.2) is 0 Å². The van der Waals surface area contributed by atoms with Crippen molar-refractivity contribution in [3.8, 4) is 12.3 Å². The lowest BCUT2D eigenvalue weighted by atomic mass is 10.1. The van der Waals surface area contributed by atoms with Crippen LogP contribution < -0.4 is 11.1 Å². The molecule has 0 heterocycles. The van der Waals surface area contributed by atoms with Crippen molar-refractivity contribution < 1.29 is 9.84 Å². The molecule has 15 heavy (non-hydrogen) atoms. The average molecular weight is 214 g/mol. The lowest BCUT2D eigenvalue weighted by Crippen LogP contribution is -2.36. The predicted molar refractivity (Wildman–Crippen MR) is 61.4 cm³/mol. The van der Waals surface area contributed by atoms with E-state index < -0.39 is 6.10 Å². The minimum absolute atomic E-state index is 0.284. The van der Waals surface area contributed by atoms with Crippen molar-refractivity contribution in [3.05, 3.63) is 0 Å². The van der Waals surface area contributed by atoms with Crippen LogP contribution in [0, 0.1) is 12.3 Å². The maximum atomic E-state index is 9.53. The summed E-state index contributed by atoms with van der Waals surface area (Å²) in [6, 6.07) is 0. The third kappa shape index (κ3) is 8.40. The molecule has 0 fully saturated rings. The molecule has 0 aromatic rings. The van der Waals surface area contributed by atoms with E-state index >= 15 is 0 Å². The van der Waals surface area contributed by atoms with Gasteiger partial charge in [0.1, 0.15) is 0 Å². The van der Waals surface area contributed by atoms with Gasteiger partial charge in [0.15, 0.2) is 0 Å². The normalized spacial score (nSPS) is 13.5. The Morgan fingerprint density at radius 2 is 2.27 bits per heavy atom. The Morgan fingerprint density at radius 3 is 2.80 bits per heavy atom. The Hall–Kier alpha value is -0.600. The fourth-order valence-corrected chi connectivity index (χ4v) is 1.05. The Morgan fingerprint density at radius 1 is 1.60 bits per heavy atom. The van der Waals surface area contributed by atoms with Gasteiger partial charge >= 0.3 is 0 Å². The first-order chi connectivity index (χ1) is 7.02. The molecule has 0 spiro atoms. The quantitative estimate of drug-likeness (QED) is 0.384. The van der Waals surface area contributed by atoms with Crippen LogP contribution in [-0.2, 0) is 4.74 Å². The van der Waals surface area contributed by atoms with Crippen LogP contribution in [0.25, 0.3) is 0 Å². The summed E-state index contributed by atoms with van der Waals surface area (Å²) in [6.07, 6.45) is 5.22. The zero-order valence-corrected chi connectivity index (χ0v) is 9.62. The molecule has 0 rings (SSSR count). The largest absolute Gasteiger partial charge is 0.389 e. The van der Waals surface area contributed by atoms with Crippen molar-refractivity contribution in [2.45, 2.75) is 32.0 Å². The van der Waals surface area contributed by atoms with E-state index in [1.54, 1.807) is 0 Å². The van der Waals surface area contributed by atoms with Crippen LogP contribution >= 0.6 is 0 Å². The highest BCUT2D eigenvalue weighted by molar-refractivity contribution is 4.91. The third-order valence-electron chi connectivity index (χ3n) is 1.90. The van der Waals surface area contributed by atoms with Crippen LogP contribution in [0.1, 0.15) is 20.3 Å². The number of aliphatic hydroxyl groups excluding tert-OH is 1. The second-order valence-corrected chi connectivity index (χ2v) is 4.10. The number of ether oxygens (including phenoxy) is 1. The average Bonchev–Trinajstić information content (AvgIpc) is 2.15. The van der Waals surface area contributed by atoms with E-state index in [9.17, 15) is 5.11 Å². The second-order valence-electron chi connectivity index (χ2n) is 4.10. The number of aliphatic hydroxyl groups is 1. The molecule has 0 aliphatic rings. The van der Waals surface area contributed by atoms with Crippen LogP contribution in [-0.4, -0.2) is 43.1 Å². The lowest BCUT2D eigenvalue weighted by Gasteiger charge is -2.24. The number of nitrogens with two attached hydrogens (primary N) is 1. The zero-order valence-electron chi connectivity index (χ0n) is 9.62. The van der Waals surface area contributed by atoms with Gasteiger partial charge in [-0.1, -0.05) is 0 Å². The molecule has 0 aliphatic carbocycles. The van der Waals surface area contributed by atoms with Crippen LogP contribution in [0.5, 0.6) is 0 Å². The first-order valence-electron chi connectivity index (χ1n) is 5.18. The van der Waals surface area contributed by atoms with E-state index in [0.29, 0.717) is 26.1 Å². The summed E-state index contributed by atoms with van der Waals surface area (Å²) in [7, 11) is 0. The van der Waals surface area contributed by atoms with Gasteiger partial charge in [-0.2, -0.15) is 0 Å². The van der Waals surface area contributed by atoms with Crippen molar-refractivity contribution in [2.75, 3.05) is 26.2 Å². The predicted octanol–water partition coefficient (Wildman–Crippen LogP) is -0.286. The van der Waals surface area contributed by atoms with E-state index in [-0.39, 0.29) is 12.2 Å². The van der Waals surface area contributed by atoms with E-state index in [1.807, 2.05) is 13.8 Å². The van der Waals surface area contributed by atoms with Gasteiger partial charge in [-0.15, -0.1) is 12.3 Å². The summed E-state index contributed by atoms with van der Waals surface area (Å²) in [5.74, 6) is 2.55. The molecule has 0 radical (unpaired) electrons. The molecule has 4 N–H and O–H groups in total. The van der Waals surface area contributed by atoms with Gasteiger partial charge in [-0.05, 0) is 13.8 Å². The van der Waals surface area contributed by atoms with E-state index in [4.69, 9.17) is 16.9 Å². The molecule has 0 saturated carbocycles. The molecule has 1 unspecified atom stereocenters. The monoisotopic (exact) mass is 214 g/mol. The number of rotatable bonds is 8. The second kappa shape index (κ2) is 7.66. The van der Waals surface area contributed by atoms with Gasteiger partial charge in [-0.25, -0.2) is 0 Å². The fourth-order valence-electron chi connectivity index (χ4n) is 1.05. The Balaban J connectivity index is 3.61. The number of nitrogens with one attached hydrogen (secondary N) is 1. The zero-order chi connectivity index (χ0) is 11.7. The highest BCUT2D eigenvalue weighted by Crippen LogP contribution is 2.13. The molecule has 88 valence electrons. The highest BCUT2D eigenvalue weighted by Gasteiger charge is 2.18. The first kappa shape index (κ1) is 14.4. The molecule has 0 amide bonds. The summed E-state index contributed by atoms with van der Waals surface area (Å²) >= 11 is 0. The van der Waals surface area contributed by atoms with Crippen molar-refractivity contribution >= 4 is 0 Å². The smallest absolute Gasteiger partial charge is 0.0897 e. The molecule has 0 bridgehead atoms. The standard InChI is InChI=1S/C11H22N2O2/c1-4-5-11(2,3)15-9-10(14)8-13-7-6-12/h1,10,13-14H,5-9,12H2,2-3H3. The summed E-state index contributed by atoms with van der Waals surface area (Å²) in [4.78, 5) is 0. The summed E-state index contributed by atoms with van der Waals surface area (Å²) in [5.41, 5.74) is 4.93. The minimum Gasteiger partial charge on any atom is -0.389 e. The molecule has 0 aromatic carbocycles. The number of hydrogen-bond acceptors (Lipinski definition) is 4. The maximum absolute atomic E-state index is 9.53. The number of hydrogen-bond donors (Lipinski definition) is 3. The van der Waals surface area contributed by atoms with Crippen molar-refractivity contribution in [3.63, 3.8) is 0 Å². The molecule has 4 nitrogen and oxygen atoms in total. The SMILES string of the molecule is C#CCC(C)(C)OCC(O)CNCCN. The summed E-state index contributed by atoms with van der Waals surface area (Å²) < 4.78 is 5.50. The topological polar surface area (TPSA) is 67.5 Å². The number of terminal acetylenes is 1. The molecule has 0 aliphatic heterocycles. The van der Waals surface area contributed by atoms with Gasteiger partial charge in [0, 0.05) is 26.1 Å². The molecular weight excluding hydrogens is 192 g/mol. The maximum Gasteiger partial charge on any atom is 0.0897 e. The third-order valence-corrected chi connectivity index (χ3v) is 1.90. The molecular formula is C11H22N2O2. The lowest BCUT2D eigenvalue weighted by molar-refractivity contribution is -0.0553. The van der Waals surface area contributed by atoms with Gasteiger partial charge in [0.05, 0.1) is 18.3 Å². The highest BCUT2D eigenvalue weighted by atomic mass is 16.5. The van der Waals surface area contributed by atoms with Gasteiger partial charge in [-0.3, -0.25) is 0 Å². The Labute approximate surface area is 92.2 Å². The van der Waals surface area contributed by atoms with Crippen LogP contribution in [0.2, 0.25) is 0 Å². The van der Waals surface area contributed by atoms with Crippen LogP contribution in [0.4, 0.5) is 0 Å². The van der Waals surface area contributed by atoms with Gasteiger partial charge in [0.25, 0.3) is 0 Å². The summed E-state index contributed by atoms with van der Waals surface area (Å²) in [5, 5.41) is 12.5. The van der Waals surface area contributed by atoms with Crippen LogP contribution in [0.3, 0.4) is 0 Å². The summed E-state index contributed by atoms with van der Waals surface area (Å²) in [6.45, 7) is 5.86. The Bertz CT molecular complexity index is 199. The molecule has 0 aromatic heterocycles. The van der Waals surface area contributed by atoms with Gasteiger partial charge < -0.3 is 20.9 Å². The molecule has 1 atom stereocenters. The van der Waals surface area contributed by atoms with Crippen molar-refractivity contribution in [1.82, 2.24) is 5.32 Å². The first-order valence-corrected chi connectivity index (χ1v) is 5.18. The fraction of sp³-hybridized carbons (Fsp3) is 0.818. The molecule has 4 heteroatoms. The van der Waals surface area contributed by atoms with Gasteiger partial charge in [0.2, 0.25) is 0 Å². The Kier molecular flexibility index (Phi) is 7.35. The minimum atomic E-state index is -0.520. The van der Waals surface area contributed by atoms with E-state index in [2.05, 4.69) is 11.2 Å². The van der Waals surface area contributed by atoms with E-state index in [0.717, 1.165) is 0 Å². The van der Waals surface area contributed by atoms with Crippen molar-refractivity contribution in [2.24, 2.45) is 5.73 Å². The van der Waals surface area contributed by atoms with Crippen molar-refractivity contribution in [1.29, 1.82) is 0 Å².